The van der Waals surface area contributed by atoms with Crippen molar-refractivity contribution in [2.45, 2.75) is 240 Å². The van der Waals surface area contributed by atoms with Gasteiger partial charge in [-0.05, 0) is 0 Å². The summed E-state index contributed by atoms with van der Waals surface area (Å²) >= 11 is 0. The summed E-state index contributed by atoms with van der Waals surface area (Å²) in [7, 11) is 0. The first kappa shape index (κ1) is 79.3. The van der Waals surface area contributed by atoms with E-state index < -0.39 is 54.1 Å². The monoisotopic (exact) mass is 1110 g/mol. The normalized spacial score (nSPS) is 12.4. The van der Waals surface area contributed by atoms with Crippen molar-refractivity contribution in [2.75, 3.05) is 0 Å². The third-order valence-electron chi connectivity index (χ3n) is 9.97. The molecule has 0 spiro atoms. The molecule has 0 aromatic rings. The van der Waals surface area contributed by atoms with E-state index >= 15 is 0 Å². The molecule has 0 saturated carbocycles. The molecule has 0 rings (SSSR count). The molecule has 0 fully saturated rings. The predicted molar refractivity (Wildman–Crippen MR) is 268 cm³/mol. The van der Waals surface area contributed by atoms with E-state index in [4.69, 9.17) is 0 Å². The van der Waals surface area contributed by atoms with Crippen LogP contribution in [-0.4, -0.2) is 57.8 Å². The number of Topliss-reactive ketones (excluding diaryl/α,β-unsaturated/α-hetero) is 10. The van der Waals surface area contributed by atoms with Gasteiger partial charge in [-0.15, -0.1) is 0 Å². The van der Waals surface area contributed by atoms with Gasteiger partial charge in [0.25, 0.3) is 0 Å². The van der Waals surface area contributed by atoms with E-state index in [0.717, 1.165) is 0 Å². The second-order valence-electron chi connectivity index (χ2n) is 27.6. The molecule has 0 saturated heterocycles. The summed E-state index contributed by atoms with van der Waals surface area (Å²) in [5.74, 6) is 0.208. The van der Waals surface area contributed by atoms with Crippen molar-refractivity contribution in [3.8, 4) is 0 Å². The Labute approximate surface area is 441 Å². The molecule has 0 N–H and O–H groups in total. The Morgan fingerprint density at radius 3 is 0.239 bits per heavy atom. The molecule has 0 atom stereocenters. The maximum atomic E-state index is 11.5. The smallest absolute Gasteiger partial charge is 0.145 e. The third kappa shape index (κ3) is 40.6. The second kappa shape index (κ2) is 29.5. The molecule has 0 aliphatic carbocycles. The molecular formula is C55H100Nb2O10. The number of carbonyl (C=O) groups is 10. The van der Waals surface area contributed by atoms with Gasteiger partial charge in [0.15, 0.2) is 0 Å². The molecule has 0 aliphatic rings. The van der Waals surface area contributed by atoms with Crippen LogP contribution in [0.15, 0.2) is 0 Å². The molecule has 10 nitrogen and oxygen atoms in total. The Hall–Kier alpha value is -1.82. The number of ketones is 10. The Bertz CT molecular complexity index is 1250. The molecule has 2 radical (unpaired) electrons. The quantitative estimate of drug-likeness (QED) is 0.151. The molecule has 0 unspecified atom stereocenters. The second-order valence-corrected chi connectivity index (χ2v) is 27.6. The fourth-order valence-electron chi connectivity index (χ4n) is 3.38. The molecule has 67 heavy (non-hydrogen) atoms. The average Bonchev–Trinajstić information content (AvgIpc) is 3.01. The molecule has 12 heteroatoms. The molecule has 0 aromatic heterocycles. The molecule has 0 heterocycles. The molecule has 0 bridgehead atoms. The fraction of sp³-hybridized carbons (Fsp3) is 0.818. The first-order valence-electron chi connectivity index (χ1n) is 23.1. The van der Waals surface area contributed by atoms with Crippen molar-refractivity contribution in [3.63, 3.8) is 0 Å². The van der Waals surface area contributed by atoms with Gasteiger partial charge in [0.1, 0.15) is 57.8 Å². The van der Waals surface area contributed by atoms with Crippen LogP contribution in [0.25, 0.3) is 0 Å². The first-order chi connectivity index (χ1) is 27.7. The van der Waals surface area contributed by atoms with Crippen LogP contribution in [0.1, 0.15) is 240 Å². The van der Waals surface area contributed by atoms with Crippen molar-refractivity contribution in [2.24, 2.45) is 54.1 Å². The molecule has 0 amide bonds. The molecule has 0 aromatic carbocycles. The average molecular weight is 1110 g/mol. The van der Waals surface area contributed by atoms with Gasteiger partial charge < -0.3 is 0 Å². The van der Waals surface area contributed by atoms with E-state index in [1.807, 2.05) is 208 Å². The summed E-state index contributed by atoms with van der Waals surface area (Å²) in [6.07, 6.45) is 0.312. The van der Waals surface area contributed by atoms with Crippen LogP contribution in [0.4, 0.5) is 0 Å². The molecule has 390 valence electrons. The number of hydrogen-bond donors (Lipinski definition) is 0. The van der Waals surface area contributed by atoms with Crippen LogP contribution in [0.3, 0.4) is 0 Å². The summed E-state index contributed by atoms with van der Waals surface area (Å²) in [5.41, 5.74) is -4.02. The van der Waals surface area contributed by atoms with Crippen LogP contribution in [0.5, 0.6) is 0 Å². The third-order valence-corrected chi connectivity index (χ3v) is 9.97. The number of hydrogen-bond acceptors (Lipinski definition) is 10. The van der Waals surface area contributed by atoms with Crippen molar-refractivity contribution >= 4 is 57.8 Å². The van der Waals surface area contributed by atoms with E-state index in [2.05, 4.69) is 0 Å². The minimum absolute atomic E-state index is 0. The van der Waals surface area contributed by atoms with Crippen LogP contribution >= 0.6 is 0 Å². The van der Waals surface area contributed by atoms with Crippen LogP contribution in [-0.2, 0) is 92.7 Å². The zero-order valence-corrected chi connectivity index (χ0v) is 52.9. The van der Waals surface area contributed by atoms with Crippen LogP contribution < -0.4 is 0 Å². The first-order valence-corrected chi connectivity index (χ1v) is 23.1. The molecular weight excluding hydrogens is 1010 g/mol. The van der Waals surface area contributed by atoms with E-state index in [9.17, 15) is 47.9 Å². The van der Waals surface area contributed by atoms with Gasteiger partial charge >= 0.3 is 0 Å². The van der Waals surface area contributed by atoms with Gasteiger partial charge in [-0.3, -0.25) is 47.9 Å². The van der Waals surface area contributed by atoms with E-state index in [0.29, 0.717) is 0 Å². The summed E-state index contributed by atoms with van der Waals surface area (Å²) in [6.45, 7) is 55.2. The Morgan fingerprint density at radius 2 is 0.209 bits per heavy atom. The maximum Gasteiger partial charge on any atom is 0.145 e. The number of rotatable bonds is 10. The SMILES string of the molecule is CC(C)(C)C(=O)CC(=O)C(C)(C)C.CC(C)(C)C(=O)CC(=O)C(C)(C)C.CC(C)(C)C(=O)CC(=O)C(C)(C)C.CC(C)(C)C(=O)CC(=O)C(C)(C)C.CC(C)(C)C(=O)CC(=O)C(C)(C)C.[Nb].[Nb]. The van der Waals surface area contributed by atoms with Crippen molar-refractivity contribution < 1.29 is 92.7 Å². The maximum absolute atomic E-state index is 11.5. The van der Waals surface area contributed by atoms with Crippen molar-refractivity contribution in [3.05, 3.63) is 0 Å². The van der Waals surface area contributed by atoms with Crippen LogP contribution in [0.2, 0.25) is 0 Å². The van der Waals surface area contributed by atoms with Gasteiger partial charge in [0.05, 0.1) is 32.1 Å². The fourth-order valence-corrected chi connectivity index (χ4v) is 3.38. The van der Waals surface area contributed by atoms with E-state index in [1.165, 1.54) is 0 Å². The number of carbonyl (C=O) groups excluding carboxylic acids is 10. The molecule has 0 aliphatic heterocycles. The summed E-state index contributed by atoms with van der Waals surface area (Å²) in [4.78, 5) is 115. The van der Waals surface area contributed by atoms with Gasteiger partial charge in [0.2, 0.25) is 0 Å². The summed E-state index contributed by atoms with van der Waals surface area (Å²) in [5, 5.41) is 0. The van der Waals surface area contributed by atoms with Crippen molar-refractivity contribution in [1.82, 2.24) is 0 Å². The largest absolute Gasteiger partial charge is 0.299 e. The predicted octanol–water partition coefficient (Wildman–Crippen LogP) is 13.0. The standard InChI is InChI=1S/5C11H20O2.2Nb/c5*1-10(2,3)8(12)7-9(13)11(4,5)6;;/h5*7H2,1-6H3;;. The topological polar surface area (TPSA) is 171 Å². The van der Waals surface area contributed by atoms with Gasteiger partial charge in [-0.2, -0.15) is 0 Å². The minimum atomic E-state index is -0.402. The zero-order valence-electron chi connectivity index (χ0n) is 48.5. The Balaban J connectivity index is -0.000000133. The van der Waals surface area contributed by atoms with E-state index in [1.54, 1.807) is 0 Å². The van der Waals surface area contributed by atoms with Crippen molar-refractivity contribution in [1.29, 1.82) is 0 Å². The zero-order chi connectivity index (χ0) is 54.3. The van der Waals surface area contributed by atoms with Gasteiger partial charge in [-0.1, -0.05) is 208 Å². The minimum Gasteiger partial charge on any atom is -0.299 e. The Kier molecular flexibility index (Phi) is 34.9. The Morgan fingerprint density at radius 1 is 0.164 bits per heavy atom. The summed E-state index contributed by atoms with van der Waals surface area (Å²) < 4.78 is 0. The summed E-state index contributed by atoms with van der Waals surface area (Å²) in [6, 6.07) is 0. The van der Waals surface area contributed by atoms with Gasteiger partial charge in [0, 0.05) is 98.9 Å². The van der Waals surface area contributed by atoms with Gasteiger partial charge in [-0.25, -0.2) is 0 Å². The van der Waals surface area contributed by atoms with E-state index in [-0.39, 0.29) is 135 Å². The van der Waals surface area contributed by atoms with Crippen LogP contribution in [0, 0.1) is 54.1 Å².